The van der Waals surface area contributed by atoms with Gasteiger partial charge < -0.3 is 5.32 Å². The van der Waals surface area contributed by atoms with E-state index >= 15 is 0 Å². The van der Waals surface area contributed by atoms with E-state index in [0.717, 1.165) is 11.3 Å². The molecule has 0 saturated heterocycles. The fourth-order valence-electron chi connectivity index (χ4n) is 2.03. The lowest BCUT2D eigenvalue weighted by molar-refractivity contribution is 0.628. The van der Waals surface area contributed by atoms with Gasteiger partial charge in [0, 0.05) is 36.1 Å². The van der Waals surface area contributed by atoms with Gasteiger partial charge in [0.2, 0.25) is 0 Å². The van der Waals surface area contributed by atoms with Crippen LogP contribution in [0.15, 0.2) is 24.4 Å². The van der Waals surface area contributed by atoms with Crippen LogP contribution in [0.3, 0.4) is 0 Å². The highest BCUT2D eigenvalue weighted by Gasteiger charge is 2.11. The highest BCUT2D eigenvalue weighted by Crippen LogP contribution is 2.21. The molecule has 0 atom stereocenters. The van der Waals surface area contributed by atoms with Crippen LogP contribution in [0.5, 0.6) is 0 Å². The molecule has 2 rings (SSSR count). The van der Waals surface area contributed by atoms with Gasteiger partial charge in [-0.25, -0.2) is 4.39 Å². The number of aryl methyl sites for hydroxylation is 1. The molecule has 19 heavy (non-hydrogen) atoms. The maximum atomic E-state index is 13.2. The van der Waals surface area contributed by atoms with E-state index in [-0.39, 0.29) is 5.82 Å². The minimum absolute atomic E-state index is 0.342. The number of nitrogens with zero attached hydrogens (tertiary/aromatic N) is 2. The first-order valence-electron chi connectivity index (χ1n) is 6.18. The van der Waals surface area contributed by atoms with E-state index < -0.39 is 0 Å². The molecule has 0 aliphatic carbocycles. The lowest BCUT2D eigenvalue weighted by atomic mass is 10.1. The largest absolute Gasteiger partial charge is 0.381 e. The molecule has 0 aliphatic heterocycles. The van der Waals surface area contributed by atoms with Crippen molar-refractivity contribution < 1.29 is 4.39 Å². The first kappa shape index (κ1) is 13.9. The summed E-state index contributed by atoms with van der Waals surface area (Å²) in [4.78, 5) is 0. The van der Waals surface area contributed by atoms with Gasteiger partial charge in [0.15, 0.2) is 0 Å². The van der Waals surface area contributed by atoms with Gasteiger partial charge in [-0.15, -0.1) is 0 Å². The lowest BCUT2D eigenvalue weighted by Crippen LogP contribution is -2.02. The molecule has 2 aromatic rings. The number of hydrogen-bond acceptors (Lipinski definition) is 2. The first-order valence-corrected chi connectivity index (χ1v) is 6.56. The molecule has 0 unspecified atom stereocenters. The normalized spacial score (nSPS) is 11.1. The minimum Gasteiger partial charge on any atom is -0.381 e. The van der Waals surface area contributed by atoms with Gasteiger partial charge in [0.25, 0.3) is 0 Å². The summed E-state index contributed by atoms with van der Waals surface area (Å²) in [7, 11) is 1.90. The van der Waals surface area contributed by atoms with E-state index in [1.165, 1.54) is 12.1 Å². The molecule has 102 valence electrons. The summed E-state index contributed by atoms with van der Waals surface area (Å²) >= 11 is 5.82. The number of rotatable bonds is 4. The summed E-state index contributed by atoms with van der Waals surface area (Å²) in [5.74, 6) is 0.0133. The Hall–Kier alpha value is -1.55. The van der Waals surface area contributed by atoms with Gasteiger partial charge >= 0.3 is 0 Å². The zero-order chi connectivity index (χ0) is 14.0. The van der Waals surface area contributed by atoms with E-state index in [2.05, 4.69) is 24.3 Å². The van der Waals surface area contributed by atoms with E-state index in [0.29, 0.717) is 23.2 Å². The van der Waals surface area contributed by atoms with Crippen molar-refractivity contribution in [2.45, 2.75) is 26.3 Å². The predicted molar refractivity (Wildman–Crippen MR) is 76.0 cm³/mol. The van der Waals surface area contributed by atoms with E-state index in [1.807, 2.05) is 13.2 Å². The van der Waals surface area contributed by atoms with Crippen LogP contribution in [0, 0.1) is 5.82 Å². The summed E-state index contributed by atoms with van der Waals surface area (Å²) < 4.78 is 15.0. The maximum absolute atomic E-state index is 13.2. The molecule has 0 amide bonds. The molecule has 0 fully saturated rings. The van der Waals surface area contributed by atoms with Crippen molar-refractivity contribution in [2.75, 3.05) is 5.32 Å². The fraction of sp³-hybridized carbons (Fsp3) is 0.357. The quantitative estimate of drug-likeness (QED) is 0.920. The molecule has 0 bridgehead atoms. The average Bonchev–Trinajstić information content (AvgIpc) is 2.67. The molecule has 0 saturated carbocycles. The number of benzene rings is 1. The van der Waals surface area contributed by atoms with Crippen molar-refractivity contribution in [2.24, 2.45) is 7.05 Å². The Labute approximate surface area is 117 Å². The second kappa shape index (κ2) is 5.61. The fourth-order valence-corrected chi connectivity index (χ4v) is 2.25. The molecule has 1 heterocycles. The monoisotopic (exact) mass is 281 g/mol. The Kier molecular flexibility index (Phi) is 4.10. The van der Waals surface area contributed by atoms with Gasteiger partial charge in [-0.2, -0.15) is 5.10 Å². The zero-order valence-corrected chi connectivity index (χ0v) is 12.0. The number of hydrogen-bond donors (Lipinski definition) is 1. The van der Waals surface area contributed by atoms with Crippen molar-refractivity contribution in [1.29, 1.82) is 0 Å². The molecule has 5 heteroatoms. The predicted octanol–water partition coefficient (Wildman–Crippen LogP) is 3.95. The summed E-state index contributed by atoms with van der Waals surface area (Å²) in [6, 6.07) is 4.42. The zero-order valence-electron chi connectivity index (χ0n) is 11.2. The van der Waals surface area contributed by atoms with Crippen LogP contribution in [0.2, 0.25) is 5.02 Å². The van der Waals surface area contributed by atoms with Crippen molar-refractivity contribution in [3.8, 4) is 0 Å². The molecule has 0 spiro atoms. The third-order valence-corrected chi connectivity index (χ3v) is 3.05. The van der Waals surface area contributed by atoms with Gasteiger partial charge in [0.1, 0.15) is 5.82 Å². The third kappa shape index (κ3) is 3.47. The van der Waals surface area contributed by atoms with Crippen molar-refractivity contribution in [1.82, 2.24) is 9.78 Å². The maximum Gasteiger partial charge on any atom is 0.126 e. The molecule has 0 radical (unpaired) electrons. The number of nitrogens with one attached hydrogen (secondary N) is 1. The topological polar surface area (TPSA) is 29.9 Å². The molecule has 1 aromatic heterocycles. The van der Waals surface area contributed by atoms with Crippen LogP contribution in [-0.2, 0) is 13.6 Å². The van der Waals surface area contributed by atoms with Crippen LogP contribution in [0.1, 0.15) is 31.0 Å². The van der Waals surface area contributed by atoms with Gasteiger partial charge in [0.05, 0.1) is 5.69 Å². The summed E-state index contributed by atoms with van der Waals surface area (Å²) in [5.41, 5.74) is 2.83. The molecule has 0 aliphatic rings. The smallest absolute Gasteiger partial charge is 0.126 e. The van der Waals surface area contributed by atoms with Gasteiger partial charge in [-0.05, 0) is 24.1 Å². The highest BCUT2D eigenvalue weighted by atomic mass is 35.5. The Morgan fingerprint density at radius 3 is 2.74 bits per heavy atom. The summed E-state index contributed by atoms with van der Waals surface area (Å²) in [6.45, 7) is 4.80. The number of aromatic nitrogens is 2. The third-order valence-electron chi connectivity index (χ3n) is 2.83. The minimum atomic E-state index is -0.342. The van der Waals surface area contributed by atoms with Crippen molar-refractivity contribution in [3.05, 3.63) is 46.5 Å². The van der Waals surface area contributed by atoms with Crippen LogP contribution in [0.25, 0.3) is 0 Å². The Bertz CT molecular complexity index is 558. The average molecular weight is 282 g/mol. The van der Waals surface area contributed by atoms with Crippen LogP contribution in [0.4, 0.5) is 10.1 Å². The van der Waals surface area contributed by atoms with Crippen molar-refractivity contribution >= 4 is 17.3 Å². The highest BCUT2D eigenvalue weighted by molar-refractivity contribution is 6.30. The Morgan fingerprint density at radius 2 is 2.11 bits per heavy atom. The van der Waals surface area contributed by atoms with Crippen LogP contribution < -0.4 is 5.32 Å². The number of halogens is 2. The summed E-state index contributed by atoms with van der Waals surface area (Å²) in [5, 5.41) is 7.99. The van der Waals surface area contributed by atoms with Crippen LogP contribution in [-0.4, -0.2) is 9.78 Å². The Balaban J connectivity index is 2.14. The standard InChI is InChI=1S/C14H17ClFN3/c1-9(2)14-10(8-19(3)18-14)7-17-13-5-11(15)4-12(16)6-13/h4-6,8-9,17H,7H2,1-3H3. The molecule has 3 nitrogen and oxygen atoms in total. The SMILES string of the molecule is CC(C)c1nn(C)cc1CNc1cc(F)cc(Cl)c1. The molecular formula is C14H17ClFN3. The second-order valence-electron chi connectivity index (χ2n) is 4.88. The number of anilines is 1. The molecular weight excluding hydrogens is 265 g/mol. The first-order chi connectivity index (χ1) is 8.95. The summed E-state index contributed by atoms with van der Waals surface area (Å²) in [6.07, 6.45) is 1.98. The van der Waals surface area contributed by atoms with Gasteiger partial charge in [-0.3, -0.25) is 4.68 Å². The molecule has 1 aromatic carbocycles. The van der Waals surface area contributed by atoms with Crippen LogP contribution >= 0.6 is 11.6 Å². The van der Waals surface area contributed by atoms with Gasteiger partial charge in [-0.1, -0.05) is 25.4 Å². The second-order valence-corrected chi connectivity index (χ2v) is 5.32. The van der Waals surface area contributed by atoms with E-state index in [4.69, 9.17) is 11.6 Å². The molecule has 1 N–H and O–H groups in total. The lowest BCUT2D eigenvalue weighted by Gasteiger charge is -2.08. The van der Waals surface area contributed by atoms with Crippen molar-refractivity contribution in [3.63, 3.8) is 0 Å². The van der Waals surface area contributed by atoms with E-state index in [9.17, 15) is 4.39 Å². The Morgan fingerprint density at radius 1 is 1.37 bits per heavy atom. The van der Waals surface area contributed by atoms with E-state index in [1.54, 1.807) is 10.7 Å².